The number of carbonyl (C=O) groups excluding carboxylic acids is 1. The zero-order chi connectivity index (χ0) is 13.3. The van der Waals surface area contributed by atoms with Crippen molar-refractivity contribution in [1.29, 1.82) is 0 Å². The third-order valence-corrected chi connectivity index (χ3v) is 1.83. The van der Waals surface area contributed by atoms with Gasteiger partial charge in [0.15, 0.2) is 0 Å². The lowest BCUT2D eigenvalue weighted by atomic mass is 10.2. The predicted octanol–water partition coefficient (Wildman–Crippen LogP) is 2.12. The first kappa shape index (κ1) is 16.1. The van der Waals surface area contributed by atoms with E-state index < -0.39 is 6.16 Å². The molecule has 102 valence electrons. The molecular weight excluding hydrogens is 230 g/mol. The number of hydrogen-bond acceptors (Lipinski definition) is 7. The van der Waals surface area contributed by atoms with Gasteiger partial charge in [0.05, 0.1) is 24.2 Å². The van der Waals surface area contributed by atoms with E-state index in [0.717, 1.165) is 6.42 Å². The molecule has 0 rings (SSSR count). The second-order valence-electron chi connectivity index (χ2n) is 3.93. The Morgan fingerprint density at radius 1 is 1.24 bits per heavy atom. The molecule has 7 heteroatoms. The largest absolute Gasteiger partial charge is 0.508 e. The maximum atomic E-state index is 11.0. The van der Waals surface area contributed by atoms with E-state index in [9.17, 15) is 4.79 Å². The van der Waals surface area contributed by atoms with Crippen LogP contribution in [0.5, 0.6) is 0 Å². The molecule has 0 aliphatic rings. The van der Waals surface area contributed by atoms with Crippen LogP contribution in [0.3, 0.4) is 0 Å². The summed E-state index contributed by atoms with van der Waals surface area (Å²) in [5, 5.41) is 16.4. The molecule has 0 aromatic rings. The Hall–Kier alpha value is -0.890. The monoisotopic (exact) mass is 251 g/mol. The molecule has 0 amide bonds. The van der Waals surface area contributed by atoms with Crippen molar-refractivity contribution in [2.75, 3.05) is 6.61 Å². The molecule has 0 aromatic carbocycles. The fourth-order valence-corrected chi connectivity index (χ4v) is 1.13. The van der Waals surface area contributed by atoms with Gasteiger partial charge in [0.1, 0.15) is 0 Å². The predicted molar refractivity (Wildman–Crippen MR) is 57.4 cm³/mol. The number of hydrogen-bond donors (Lipinski definition) is 2. The number of nitrogens with zero attached hydrogens (tertiary/aromatic N) is 1. The van der Waals surface area contributed by atoms with Gasteiger partial charge in [-0.1, -0.05) is 0 Å². The Morgan fingerprint density at radius 3 is 2.41 bits per heavy atom. The van der Waals surface area contributed by atoms with Gasteiger partial charge in [0.25, 0.3) is 0 Å². The molecule has 17 heavy (non-hydrogen) atoms. The molecule has 0 unspecified atom stereocenters. The normalized spacial score (nSPS) is 12.9. The van der Waals surface area contributed by atoms with Gasteiger partial charge in [0, 0.05) is 0 Å². The van der Waals surface area contributed by atoms with Crippen molar-refractivity contribution < 1.29 is 29.5 Å². The second-order valence-corrected chi connectivity index (χ2v) is 3.93. The summed E-state index contributed by atoms with van der Waals surface area (Å²) in [6.45, 7) is 5.47. The van der Waals surface area contributed by atoms with E-state index in [1.807, 2.05) is 0 Å². The summed E-state index contributed by atoms with van der Waals surface area (Å²) in [4.78, 5) is 15.5. The Kier molecular flexibility index (Phi) is 8.69. The molecule has 0 saturated carbocycles. The number of ether oxygens (including phenoxy) is 2. The van der Waals surface area contributed by atoms with E-state index in [-0.39, 0.29) is 24.2 Å². The van der Waals surface area contributed by atoms with Crippen molar-refractivity contribution in [3.05, 3.63) is 0 Å². The van der Waals surface area contributed by atoms with Crippen molar-refractivity contribution in [2.45, 2.75) is 52.2 Å². The SMILES string of the molecule is CC(C)OC(=O)OCCCC[C@H](C)ON(O)O. The fraction of sp³-hybridized carbons (Fsp3) is 0.900. The summed E-state index contributed by atoms with van der Waals surface area (Å²) >= 11 is 0. The van der Waals surface area contributed by atoms with Crippen LogP contribution < -0.4 is 0 Å². The topological polar surface area (TPSA) is 88.5 Å². The lowest BCUT2D eigenvalue weighted by Crippen LogP contribution is -2.21. The van der Waals surface area contributed by atoms with Gasteiger partial charge >= 0.3 is 6.16 Å². The molecule has 0 radical (unpaired) electrons. The first-order chi connectivity index (χ1) is 7.91. The molecule has 0 heterocycles. The molecule has 0 aliphatic carbocycles. The first-order valence-corrected chi connectivity index (χ1v) is 5.60. The highest BCUT2D eigenvalue weighted by molar-refractivity contribution is 5.59. The van der Waals surface area contributed by atoms with Gasteiger partial charge in [-0.2, -0.15) is 0 Å². The van der Waals surface area contributed by atoms with Crippen LogP contribution in [0.15, 0.2) is 0 Å². The summed E-state index contributed by atoms with van der Waals surface area (Å²) < 4.78 is 9.58. The van der Waals surface area contributed by atoms with Crippen molar-refractivity contribution in [2.24, 2.45) is 0 Å². The molecule has 0 spiro atoms. The van der Waals surface area contributed by atoms with Crippen LogP contribution in [0.1, 0.15) is 40.0 Å². The molecule has 7 nitrogen and oxygen atoms in total. The summed E-state index contributed by atoms with van der Waals surface area (Å²) in [7, 11) is 0. The minimum Gasteiger partial charge on any atom is -0.434 e. The van der Waals surface area contributed by atoms with Crippen molar-refractivity contribution in [3.63, 3.8) is 0 Å². The average Bonchev–Trinajstić information content (AvgIpc) is 2.14. The smallest absolute Gasteiger partial charge is 0.434 e. The number of unbranched alkanes of at least 4 members (excludes halogenated alkanes) is 1. The van der Waals surface area contributed by atoms with E-state index in [1.54, 1.807) is 20.8 Å². The van der Waals surface area contributed by atoms with Crippen LogP contribution in [-0.2, 0) is 14.3 Å². The summed E-state index contributed by atoms with van der Waals surface area (Å²) in [5.41, 5.74) is 0. The average molecular weight is 251 g/mol. The van der Waals surface area contributed by atoms with Gasteiger partial charge in [-0.25, -0.2) is 9.63 Å². The third-order valence-electron chi connectivity index (χ3n) is 1.83. The molecular formula is C10H21NO6. The van der Waals surface area contributed by atoms with Gasteiger partial charge in [0.2, 0.25) is 0 Å². The maximum Gasteiger partial charge on any atom is 0.508 e. The first-order valence-electron chi connectivity index (χ1n) is 5.60. The number of carbonyl (C=O) groups is 1. The second kappa shape index (κ2) is 9.17. The van der Waals surface area contributed by atoms with Gasteiger partial charge < -0.3 is 9.47 Å². The zero-order valence-corrected chi connectivity index (χ0v) is 10.5. The molecule has 0 aliphatic heterocycles. The summed E-state index contributed by atoms with van der Waals surface area (Å²) in [6.07, 6.45) is 0.867. The van der Waals surface area contributed by atoms with Crippen LogP contribution in [-0.4, -0.2) is 40.8 Å². The van der Waals surface area contributed by atoms with E-state index in [2.05, 4.69) is 4.84 Å². The fourth-order valence-electron chi connectivity index (χ4n) is 1.13. The minimum absolute atomic E-state index is 0.184. The van der Waals surface area contributed by atoms with Crippen molar-refractivity contribution >= 4 is 6.16 Å². The highest BCUT2D eigenvalue weighted by Gasteiger charge is 2.08. The molecule has 2 N–H and O–H groups in total. The van der Waals surface area contributed by atoms with Gasteiger partial charge in [-0.15, -0.1) is 0 Å². The third kappa shape index (κ3) is 11.4. The highest BCUT2D eigenvalue weighted by atomic mass is 17.1. The maximum absolute atomic E-state index is 11.0. The minimum atomic E-state index is -0.666. The van der Waals surface area contributed by atoms with Crippen LogP contribution in [0.25, 0.3) is 0 Å². The quantitative estimate of drug-likeness (QED) is 0.388. The van der Waals surface area contributed by atoms with E-state index in [4.69, 9.17) is 19.9 Å². The summed E-state index contributed by atoms with van der Waals surface area (Å²) in [6, 6.07) is 0. The highest BCUT2D eigenvalue weighted by Crippen LogP contribution is 2.05. The standard InChI is InChI=1S/C10H21NO6/c1-8(2)16-10(12)15-7-5-4-6-9(3)17-11(13)14/h8-9,13-14H,4-7H2,1-3H3/t9-/m0/s1. The molecule has 0 bridgehead atoms. The van der Waals surface area contributed by atoms with E-state index >= 15 is 0 Å². The van der Waals surface area contributed by atoms with Crippen molar-refractivity contribution in [1.82, 2.24) is 5.39 Å². The van der Waals surface area contributed by atoms with Gasteiger partial charge in [-0.3, -0.25) is 10.4 Å². The molecule has 1 atom stereocenters. The van der Waals surface area contributed by atoms with Crippen LogP contribution in [0.2, 0.25) is 0 Å². The Labute approximate surface area is 101 Å². The van der Waals surface area contributed by atoms with E-state index in [0.29, 0.717) is 12.8 Å². The molecule has 0 saturated heterocycles. The van der Waals surface area contributed by atoms with Crippen LogP contribution >= 0.6 is 0 Å². The lowest BCUT2D eigenvalue weighted by molar-refractivity contribution is -0.503. The molecule has 0 fully saturated rings. The molecule has 0 aromatic heterocycles. The van der Waals surface area contributed by atoms with Crippen LogP contribution in [0.4, 0.5) is 4.79 Å². The zero-order valence-electron chi connectivity index (χ0n) is 10.5. The Balaban J connectivity index is 3.37. The van der Waals surface area contributed by atoms with Crippen molar-refractivity contribution in [3.8, 4) is 0 Å². The lowest BCUT2D eigenvalue weighted by Gasteiger charge is -2.13. The number of rotatable bonds is 8. The summed E-state index contributed by atoms with van der Waals surface area (Å²) in [5.74, 6) is 0. The van der Waals surface area contributed by atoms with Crippen LogP contribution in [0, 0.1) is 0 Å². The van der Waals surface area contributed by atoms with E-state index in [1.165, 1.54) is 0 Å². The Bertz CT molecular complexity index is 209. The van der Waals surface area contributed by atoms with Gasteiger partial charge in [-0.05, 0) is 40.0 Å². The Morgan fingerprint density at radius 2 is 1.88 bits per heavy atom.